The quantitative estimate of drug-likeness (QED) is 0.853. The number of anilines is 2. The van der Waals surface area contributed by atoms with Crippen LogP contribution in [0.3, 0.4) is 0 Å². The van der Waals surface area contributed by atoms with Gasteiger partial charge in [-0.1, -0.05) is 20.8 Å². The summed E-state index contributed by atoms with van der Waals surface area (Å²) in [4.78, 5) is 19.1. The smallest absolute Gasteiger partial charge is 0.228 e. The third kappa shape index (κ3) is 4.18. The molecule has 0 atom stereocenters. The summed E-state index contributed by atoms with van der Waals surface area (Å²) < 4.78 is 0. The minimum absolute atomic E-state index is 0.258. The zero-order valence-corrected chi connectivity index (χ0v) is 15.3. The van der Waals surface area contributed by atoms with Gasteiger partial charge in [0.2, 0.25) is 5.91 Å². The van der Waals surface area contributed by atoms with Crippen LogP contribution < -0.4 is 9.80 Å². The van der Waals surface area contributed by atoms with Gasteiger partial charge in [0.15, 0.2) is 0 Å². The molecule has 1 saturated heterocycles. The summed E-state index contributed by atoms with van der Waals surface area (Å²) in [5, 5.41) is 0. The molecule has 0 aliphatic carbocycles. The molecule has 1 aromatic carbocycles. The van der Waals surface area contributed by atoms with E-state index in [0.29, 0.717) is 0 Å². The largest absolute Gasteiger partial charge is 0.372 e. The van der Waals surface area contributed by atoms with Gasteiger partial charge >= 0.3 is 0 Å². The van der Waals surface area contributed by atoms with Gasteiger partial charge in [-0.2, -0.15) is 0 Å². The highest BCUT2D eigenvalue weighted by atomic mass is 16.2. The Morgan fingerprint density at radius 2 is 1.52 bits per heavy atom. The fourth-order valence-electron chi connectivity index (χ4n) is 3.11. The highest BCUT2D eigenvalue weighted by molar-refractivity contribution is 5.81. The van der Waals surface area contributed by atoms with E-state index in [-0.39, 0.29) is 11.3 Å². The monoisotopic (exact) mass is 317 g/mol. The second-order valence-electron chi connectivity index (χ2n) is 7.22. The van der Waals surface area contributed by atoms with E-state index in [0.717, 1.165) is 39.3 Å². The Labute approximate surface area is 141 Å². The van der Waals surface area contributed by atoms with Crippen LogP contribution in [0.2, 0.25) is 0 Å². The first-order valence-corrected chi connectivity index (χ1v) is 8.76. The highest BCUT2D eigenvalue weighted by Crippen LogP contribution is 2.23. The lowest BCUT2D eigenvalue weighted by molar-refractivity contribution is -0.139. The molecule has 1 aromatic rings. The fourth-order valence-corrected chi connectivity index (χ4v) is 3.11. The van der Waals surface area contributed by atoms with E-state index in [1.165, 1.54) is 11.4 Å². The summed E-state index contributed by atoms with van der Waals surface area (Å²) in [5.41, 5.74) is 2.25. The van der Waals surface area contributed by atoms with Crippen LogP contribution in [0.15, 0.2) is 24.3 Å². The van der Waals surface area contributed by atoms with E-state index < -0.39 is 0 Å². The van der Waals surface area contributed by atoms with E-state index in [4.69, 9.17) is 0 Å². The fraction of sp³-hybridized carbons (Fsp3) is 0.632. The first kappa shape index (κ1) is 17.6. The predicted molar refractivity (Wildman–Crippen MR) is 98.3 cm³/mol. The van der Waals surface area contributed by atoms with E-state index in [9.17, 15) is 4.79 Å². The standard InChI is InChI=1S/C19H31N3O/c1-6-20(7-2)16-8-10-17(11-9-16)21-12-14-22(15-13-21)18(23)19(3,4)5/h8-11H,6-7,12-15H2,1-5H3. The van der Waals surface area contributed by atoms with Crippen LogP contribution in [0.5, 0.6) is 0 Å². The van der Waals surface area contributed by atoms with Gasteiger partial charge in [-0.25, -0.2) is 0 Å². The lowest BCUT2D eigenvalue weighted by atomic mass is 9.94. The average molecular weight is 317 g/mol. The molecular weight excluding hydrogens is 286 g/mol. The SMILES string of the molecule is CCN(CC)c1ccc(N2CCN(C(=O)C(C)(C)C)CC2)cc1. The van der Waals surface area contributed by atoms with Gasteiger partial charge < -0.3 is 14.7 Å². The van der Waals surface area contributed by atoms with Crippen molar-refractivity contribution in [1.29, 1.82) is 0 Å². The predicted octanol–water partition coefficient (Wildman–Crippen LogP) is 3.23. The zero-order valence-electron chi connectivity index (χ0n) is 15.3. The lowest BCUT2D eigenvalue weighted by Gasteiger charge is -2.38. The van der Waals surface area contributed by atoms with Gasteiger partial charge in [0.25, 0.3) is 0 Å². The molecule has 0 saturated carbocycles. The van der Waals surface area contributed by atoms with Gasteiger partial charge in [0.05, 0.1) is 0 Å². The summed E-state index contributed by atoms with van der Waals surface area (Å²) in [5.74, 6) is 0.258. The van der Waals surface area contributed by atoms with Gasteiger partial charge in [-0.3, -0.25) is 4.79 Å². The molecule has 1 fully saturated rings. The van der Waals surface area contributed by atoms with Crippen molar-refractivity contribution in [1.82, 2.24) is 4.90 Å². The first-order chi connectivity index (χ1) is 10.9. The van der Waals surface area contributed by atoms with Crippen molar-refractivity contribution >= 4 is 17.3 Å². The van der Waals surface area contributed by atoms with E-state index in [1.807, 2.05) is 25.7 Å². The van der Waals surface area contributed by atoms with Crippen molar-refractivity contribution in [3.8, 4) is 0 Å². The first-order valence-electron chi connectivity index (χ1n) is 8.76. The third-order valence-electron chi connectivity index (χ3n) is 4.55. The lowest BCUT2D eigenvalue weighted by Crippen LogP contribution is -2.51. The van der Waals surface area contributed by atoms with Gasteiger partial charge in [0, 0.05) is 56.1 Å². The maximum atomic E-state index is 12.4. The molecule has 4 nitrogen and oxygen atoms in total. The van der Waals surface area contributed by atoms with Gasteiger partial charge in [-0.05, 0) is 38.1 Å². The van der Waals surface area contributed by atoms with Crippen LogP contribution in [0.4, 0.5) is 11.4 Å². The molecule has 128 valence electrons. The van der Waals surface area contributed by atoms with Gasteiger partial charge in [0.1, 0.15) is 0 Å². The number of nitrogens with zero attached hydrogens (tertiary/aromatic N) is 3. The topological polar surface area (TPSA) is 26.8 Å². The summed E-state index contributed by atoms with van der Waals surface area (Å²) in [7, 11) is 0. The van der Waals surface area contributed by atoms with Crippen molar-refractivity contribution in [3.63, 3.8) is 0 Å². The highest BCUT2D eigenvalue weighted by Gasteiger charge is 2.29. The summed E-state index contributed by atoms with van der Waals surface area (Å²) in [6, 6.07) is 8.81. The Morgan fingerprint density at radius 1 is 1.00 bits per heavy atom. The number of piperazine rings is 1. The molecular formula is C19H31N3O. The van der Waals surface area contributed by atoms with Crippen molar-refractivity contribution in [2.24, 2.45) is 5.41 Å². The molecule has 0 aromatic heterocycles. The minimum Gasteiger partial charge on any atom is -0.372 e. The Balaban J connectivity index is 1.96. The molecule has 1 aliphatic heterocycles. The second-order valence-corrected chi connectivity index (χ2v) is 7.22. The molecule has 1 amide bonds. The van der Waals surface area contributed by atoms with Crippen LogP contribution in [0.1, 0.15) is 34.6 Å². The third-order valence-corrected chi connectivity index (χ3v) is 4.55. The molecule has 0 N–H and O–H groups in total. The summed E-state index contributed by atoms with van der Waals surface area (Å²) in [6.45, 7) is 15.9. The molecule has 23 heavy (non-hydrogen) atoms. The number of amides is 1. The second kappa shape index (κ2) is 7.24. The van der Waals surface area contributed by atoms with Crippen LogP contribution >= 0.6 is 0 Å². The average Bonchev–Trinajstić information content (AvgIpc) is 2.55. The number of rotatable bonds is 4. The minimum atomic E-state index is -0.284. The molecule has 2 rings (SSSR count). The summed E-state index contributed by atoms with van der Waals surface area (Å²) in [6.07, 6.45) is 0. The van der Waals surface area contributed by atoms with Crippen molar-refractivity contribution in [3.05, 3.63) is 24.3 Å². The van der Waals surface area contributed by atoms with E-state index in [1.54, 1.807) is 0 Å². The van der Waals surface area contributed by atoms with Crippen LogP contribution in [0.25, 0.3) is 0 Å². The molecule has 1 aliphatic rings. The molecule has 1 heterocycles. The maximum absolute atomic E-state index is 12.4. The van der Waals surface area contributed by atoms with Crippen molar-refractivity contribution in [2.75, 3.05) is 49.1 Å². The van der Waals surface area contributed by atoms with E-state index in [2.05, 4.69) is 47.9 Å². The molecule has 4 heteroatoms. The number of hydrogen-bond acceptors (Lipinski definition) is 3. The van der Waals surface area contributed by atoms with E-state index >= 15 is 0 Å². The Morgan fingerprint density at radius 3 is 1.96 bits per heavy atom. The van der Waals surface area contributed by atoms with Crippen molar-refractivity contribution in [2.45, 2.75) is 34.6 Å². The van der Waals surface area contributed by atoms with Crippen LogP contribution in [-0.2, 0) is 4.79 Å². The Kier molecular flexibility index (Phi) is 5.55. The normalized spacial score (nSPS) is 15.7. The molecule has 0 radical (unpaired) electrons. The molecule has 0 unspecified atom stereocenters. The Hall–Kier alpha value is -1.71. The van der Waals surface area contributed by atoms with Gasteiger partial charge in [-0.15, -0.1) is 0 Å². The summed E-state index contributed by atoms with van der Waals surface area (Å²) >= 11 is 0. The molecule has 0 spiro atoms. The van der Waals surface area contributed by atoms with Crippen LogP contribution in [0, 0.1) is 5.41 Å². The van der Waals surface area contributed by atoms with Crippen LogP contribution in [-0.4, -0.2) is 50.1 Å². The number of hydrogen-bond donors (Lipinski definition) is 0. The number of benzene rings is 1. The molecule has 0 bridgehead atoms. The zero-order chi connectivity index (χ0) is 17.0. The maximum Gasteiger partial charge on any atom is 0.228 e. The number of carbonyl (C=O) groups excluding carboxylic acids is 1. The Bertz CT molecular complexity index is 506. The number of carbonyl (C=O) groups is 1. The van der Waals surface area contributed by atoms with Crippen molar-refractivity contribution < 1.29 is 4.79 Å².